The van der Waals surface area contributed by atoms with Gasteiger partial charge in [0.1, 0.15) is 47.2 Å². The van der Waals surface area contributed by atoms with Crippen LogP contribution in [0.2, 0.25) is 0 Å². The summed E-state index contributed by atoms with van der Waals surface area (Å²) in [6, 6.07) is 5.68. The predicted octanol–water partition coefficient (Wildman–Crippen LogP) is -1.34. The van der Waals surface area contributed by atoms with Crippen LogP contribution in [0, 0.1) is 0 Å². The van der Waals surface area contributed by atoms with Crippen molar-refractivity contribution < 1.29 is 59.9 Å². The normalized spacial score (nSPS) is 31.5. The Kier molecular flexibility index (Phi) is 6.05. The van der Waals surface area contributed by atoms with Crippen LogP contribution in [0.25, 0.3) is 0 Å². The number of hydrogen-bond acceptors (Lipinski definition) is 12. The molecule has 1 saturated heterocycles. The van der Waals surface area contributed by atoms with Crippen molar-refractivity contribution in [2.45, 2.75) is 42.9 Å². The van der Waals surface area contributed by atoms with Crippen molar-refractivity contribution in [2.24, 2.45) is 0 Å². The topological polar surface area (TPSA) is 207 Å². The number of phenols is 3. The van der Waals surface area contributed by atoms with Gasteiger partial charge < -0.3 is 55.1 Å². The Morgan fingerprint density at radius 3 is 2.30 bits per heavy atom. The first-order valence-corrected chi connectivity index (χ1v) is 9.87. The molecular weight excluding hydrogens is 444 g/mol. The fraction of sp³-hybridized carbons (Fsp3) is 0.381. The molecule has 178 valence electrons. The fourth-order valence-corrected chi connectivity index (χ4v) is 3.75. The molecule has 0 aliphatic carbocycles. The number of ether oxygens (including phenoxy) is 3. The zero-order valence-electron chi connectivity index (χ0n) is 16.8. The molecule has 0 bridgehead atoms. The third kappa shape index (κ3) is 4.04. The van der Waals surface area contributed by atoms with Gasteiger partial charge in [-0.25, -0.2) is 0 Å². The number of aliphatic hydroxyl groups excluding tert-OH is 5. The summed E-state index contributed by atoms with van der Waals surface area (Å²) in [5.41, 5.74) is -0.131. The van der Waals surface area contributed by atoms with Crippen molar-refractivity contribution >= 4 is 5.78 Å². The molecule has 0 amide bonds. The van der Waals surface area contributed by atoms with E-state index in [2.05, 4.69) is 0 Å². The molecule has 0 unspecified atom stereocenters. The molecule has 8 N–H and O–H groups in total. The number of ketones is 1. The second-order valence-corrected chi connectivity index (χ2v) is 7.73. The van der Waals surface area contributed by atoms with Crippen LogP contribution in [-0.4, -0.2) is 90.1 Å². The number of benzene rings is 2. The number of aliphatic hydroxyl groups is 5. The van der Waals surface area contributed by atoms with E-state index in [-0.39, 0.29) is 22.6 Å². The lowest BCUT2D eigenvalue weighted by atomic mass is 9.92. The molecule has 1 fully saturated rings. The van der Waals surface area contributed by atoms with Gasteiger partial charge in [-0.2, -0.15) is 0 Å². The lowest BCUT2D eigenvalue weighted by Gasteiger charge is -2.40. The Morgan fingerprint density at radius 1 is 0.909 bits per heavy atom. The molecule has 0 radical (unpaired) electrons. The van der Waals surface area contributed by atoms with E-state index in [0.29, 0.717) is 0 Å². The van der Waals surface area contributed by atoms with Crippen molar-refractivity contribution in [1.82, 2.24) is 0 Å². The molecule has 12 heteroatoms. The molecule has 7 atom stereocenters. The molecule has 2 aromatic carbocycles. The molecule has 2 heterocycles. The minimum Gasteiger partial charge on any atom is -0.508 e. The van der Waals surface area contributed by atoms with Crippen LogP contribution in [0.1, 0.15) is 22.0 Å². The van der Waals surface area contributed by atoms with Crippen LogP contribution in [0.15, 0.2) is 30.3 Å². The van der Waals surface area contributed by atoms with E-state index in [9.17, 15) is 45.6 Å². The maximum absolute atomic E-state index is 13.0. The zero-order valence-corrected chi connectivity index (χ0v) is 16.8. The lowest BCUT2D eigenvalue weighted by molar-refractivity contribution is -0.277. The van der Waals surface area contributed by atoms with Crippen molar-refractivity contribution in [3.63, 3.8) is 0 Å². The standard InChI is InChI=1S/C21H22O12/c22-6-13-15(26)17(28)19(30)21(33-13)32-12-5-8(23)4-11-14(12)16(27)18(29)20(31-11)7-1-2-9(24)10(25)3-7/h1-5,13,15,17-26,28-30H,6H2/t13-,15-,17-,18+,19+,20+,21+/m0/s1. The van der Waals surface area contributed by atoms with Crippen molar-refractivity contribution in [3.8, 4) is 28.7 Å². The van der Waals surface area contributed by atoms with E-state index in [1.807, 2.05) is 0 Å². The Labute approximate surface area is 186 Å². The van der Waals surface area contributed by atoms with E-state index < -0.39 is 72.6 Å². The minimum atomic E-state index is -1.78. The van der Waals surface area contributed by atoms with Gasteiger partial charge in [0.05, 0.1) is 6.61 Å². The van der Waals surface area contributed by atoms with Crippen LogP contribution in [0.4, 0.5) is 0 Å². The number of rotatable bonds is 4. The Bertz CT molecular complexity index is 1050. The van der Waals surface area contributed by atoms with Gasteiger partial charge in [0.2, 0.25) is 12.1 Å². The van der Waals surface area contributed by atoms with Gasteiger partial charge >= 0.3 is 0 Å². The summed E-state index contributed by atoms with van der Waals surface area (Å²) in [6.07, 6.45) is -11.1. The Balaban J connectivity index is 1.68. The first-order valence-electron chi connectivity index (χ1n) is 9.87. The molecule has 0 saturated carbocycles. The number of Topliss-reactive ketones (excluding diaryl/α,β-unsaturated/α-hetero) is 1. The van der Waals surface area contributed by atoms with Crippen LogP contribution in [-0.2, 0) is 4.74 Å². The molecule has 0 spiro atoms. The van der Waals surface area contributed by atoms with Gasteiger partial charge in [-0.1, -0.05) is 6.07 Å². The largest absolute Gasteiger partial charge is 0.508 e. The Hall–Kier alpha value is -3.13. The molecule has 4 rings (SSSR count). The summed E-state index contributed by atoms with van der Waals surface area (Å²) >= 11 is 0. The number of phenolic OH excluding ortho intramolecular Hbond substituents is 3. The molecule has 33 heavy (non-hydrogen) atoms. The quantitative estimate of drug-likeness (QED) is 0.246. The summed E-state index contributed by atoms with van der Waals surface area (Å²) in [5, 5.41) is 79.3. The third-order valence-electron chi connectivity index (χ3n) is 5.53. The highest BCUT2D eigenvalue weighted by molar-refractivity contribution is 6.05. The van der Waals surface area contributed by atoms with E-state index >= 15 is 0 Å². The fourth-order valence-electron chi connectivity index (χ4n) is 3.75. The van der Waals surface area contributed by atoms with Gasteiger partial charge in [0.15, 0.2) is 23.7 Å². The zero-order chi connectivity index (χ0) is 24.0. The van der Waals surface area contributed by atoms with Gasteiger partial charge in [0.25, 0.3) is 0 Å². The average Bonchev–Trinajstić information content (AvgIpc) is 2.78. The third-order valence-corrected chi connectivity index (χ3v) is 5.53. The second kappa shape index (κ2) is 8.67. The molecule has 2 aliphatic heterocycles. The van der Waals surface area contributed by atoms with E-state index in [1.165, 1.54) is 6.07 Å². The van der Waals surface area contributed by atoms with Crippen LogP contribution in [0.5, 0.6) is 28.7 Å². The van der Waals surface area contributed by atoms with Gasteiger partial charge in [-0.3, -0.25) is 4.79 Å². The van der Waals surface area contributed by atoms with Crippen LogP contribution < -0.4 is 9.47 Å². The summed E-state index contributed by atoms with van der Waals surface area (Å²) in [7, 11) is 0. The van der Waals surface area contributed by atoms with Gasteiger partial charge in [-0.05, 0) is 17.7 Å². The Morgan fingerprint density at radius 2 is 1.64 bits per heavy atom. The van der Waals surface area contributed by atoms with Crippen LogP contribution in [0.3, 0.4) is 0 Å². The highest BCUT2D eigenvalue weighted by Crippen LogP contribution is 2.44. The predicted molar refractivity (Wildman–Crippen MR) is 106 cm³/mol. The highest BCUT2D eigenvalue weighted by atomic mass is 16.7. The lowest BCUT2D eigenvalue weighted by Crippen LogP contribution is -2.60. The summed E-state index contributed by atoms with van der Waals surface area (Å²) in [6.45, 7) is -0.704. The van der Waals surface area contributed by atoms with Crippen molar-refractivity contribution in [3.05, 3.63) is 41.5 Å². The molecule has 0 aromatic heterocycles. The number of carbonyl (C=O) groups is 1. The monoisotopic (exact) mass is 466 g/mol. The van der Waals surface area contributed by atoms with Crippen LogP contribution >= 0.6 is 0 Å². The maximum atomic E-state index is 13.0. The number of fused-ring (bicyclic) bond motifs is 1. The van der Waals surface area contributed by atoms with Crippen molar-refractivity contribution in [1.29, 1.82) is 0 Å². The SMILES string of the molecule is O=C1c2c(O[C@@H]3O[C@@H](CO)[C@H](O)[C@H](O)[C@H]3O)cc(O)cc2O[C@H](c2ccc(O)c(O)c2)[C@@H]1O. The first-order chi connectivity index (χ1) is 15.6. The number of aromatic hydroxyl groups is 3. The van der Waals surface area contributed by atoms with E-state index in [4.69, 9.17) is 14.2 Å². The summed E-state index contributed by atoms with van der Waals surface area (Å²) < 4.78 is 16.4. The molecule has 2 aromatic rings. The number of hydrogen-bond donors (Lipinski definition) is 8. The first kappa shape index (κ1) is 23.0. The van der Waals surface area contributed by atoms with Gasteiger partial charge in [-0.15, -0.1) is 0 Å². The second-order valence-electron chi connectivity index (χ2n) is 7.73. The summed E-state index contributed by atoms with van der Waals surface area (Å²) in [4.78, 5) is 13.0. The maximum Gasteiger partial charge on any atom is 0.229 e. The molecular formula is C21H22O12. The average molecular weight is 466 g/mol. The minimum absolute atomic E-state index is 0.163. The molecule has 2 aliphatic rings. The smallest absolute Gasteiger partial charge is 0.229 e. The highest BCUT2D eigenvalue weighted by Gasteiger charge is 2.46. The molecule has 12 nitrogen and oxygen atoms in total. The number of carbonyl (C=O) groups excluding carboxylic acids is 1. The summed E-state index contributed by atoms with van der Waals surface area (Å²) in [5.74, 6) is -2.75. The van der Waals surface area contributed by atoms with E-state index in [1.54, 1.807) is 0 Å². The van der Waals surface area contributed by atoms with Gasteiger partial charge in [0, 0.05) is 12.1 Å². The van der Waals surface area contributed by atoms with Crippen molar-refractivity contribution in [2.75, 3.05) is 6.61 Å². The van der Waals surface area contributed by atoms with E-state index in [0.717, 1.165) is 24.3 Å².